The number of rotatable bonds is 7. The zero-order chi connectivity index (χ0) is 17.5. The van der Waals surface area contributed by atoms with Crippen molar-refractivity contribution >= 4 is 5.91 Å². The molecule has 0 aromatic heterocycles. The summed E-state index contributed by atoms with van der Waals surface area (Å²) in [6.45, 7) is 9.50. The molecule has 0 aliphatic rings. The second-order valence-electron chi connectivity index (χ2n) is 5.76. The Balaban J connectivity index is 1.82. The van der Waals surface area contributed by atoms with Crippen LogP contribution in [0.5, 0.6) is 11.5 Å². The molecular formula is C20H25NO3. The minimum Gasteiger partial charge on any atom is -0.494 e. The Morgan fingerprint density at radius 1 is 0.958 bits per heavy atom. The maximum atomic E-state index is 12.2. The molecule has 0 atom stereocenters. The average Bonchev–Trinajstić information content (AvgIpc) is 2.56. The van der Waals surface area contributed by atoms with E-state index in [1.807, 2.05) is 44.2 Å². The van der Waals surface area contributed by atoms with Gasteiger partial charge in [0.1, 0.15) is 18.1 Å². The van der Waals surface area contributed by atoms with Gasteiger partial charge < -0.3 is 14.8 Å². The van der Waals surface area contributed by atoms with Gasteiger partial charge in [0.05, 0.1) is 13.2 Å². The second-order valence-corrected chi connectivity index (χ2v) is 5.76. The van der Waals surface area contributed by atoms with E-state index in [9.17, 15) is 4.79 Å². The van der Waals surface area contributed by atoms with Crippen LogP contribution >= 0.6 is 0 Å². The molecule has 0 bridgehead atoms. The Bertz CT molecular complexity index is 710. The predicted molar refractivity (Wildman–Crippen MR) is 96.1 cm³/mol. The molecule has 2 rings (SSSR count). The second kappa shape index (κ2) is 8.39. The van der Waals surface area contributed by atoms with Crippen LogP contribution in [-0.4, -0.2) is 25.7 Å². The molecule has 0 unspecified atom stereocenters. The Kier molecular flexibility index (Phi) is 6.24. The molecule has 1 N–H and O–H groups in total. The number of amides is 1. The zero-order valence-electron chi connectivity index (χ0n) is 14.8. The Hall–Kier alpha value is -2.49. The lowest BCUT2D eigenvalue weighted by Gasteiger charge is -2.11. The van der Waals surface area contributed by atoms with E-state index in [-0.39, 0.29) is 5.91 Å². The summed E-state index contributed by atoms with van der Waals surface area (Å²) < 4.78 is 11.2. The lowest BCUT2D eigenvalue weighted by molar-refractivity contribution is 0.0947. The molecule has 0 aliphatic heterocycles. The van der Waals surface area contributed by atoms with Crippen molar-refractivity contribution < 1.29 is 14.3 Å². The SMILES string of the molecule is CCOc1ccc(C(=O)NCCOc2ccc(C)c(C)c2)cc1C. The van der Waals surface area contributed by atoms with Gasteiger partial charge in [-0.2, -0.15) is 0 Å². The van der Waals surface area contributed by atoms with Gasteiger partial charge in [-0.15, -0.1) is 0 Å². The largest absolute Gasteiger partial charge is 0.494 e. The highest BCUT2D eigenvalue weighted by Crippen LogP contribution is 2.19. The molecule has 4 nitrogen and oxygen atoms in total. The molecule has 0 saturated heterocycles. The van der Waals surface area contributed by atoms with E-state index in [2.05, 4.69) is 19.2 Å². The first-order valence-electron chi connectivity index (χ1n) is 8.23. The summed E-state index contributed by atoms with van der Waals surface area (Å²) in [7, 11) is 0. The molecule has 4 heteroatoms. The molecule has 1 amide bonds. The van der Waals surface area contributed by atoms with E-state index in [0.29, 0.717) is 25.3 Å². The van der Waals surface area contributed by atoms with E-state index in [1.54, 1.807) is 6.07 Å². The first-order chi connectivity index (χ1) is 11.5. The number of benzene rings is 2. The number of carbonyl (C=O) groups is 1. The van der Waals surface area contributed by atoms with E-state index in [1.165, 1.54) is 11.1 Å². The highest BCUT2D eigenvalue weighted by Gasteiger charge is 2.08. The molecule has 128 valence electrons. The number of ether oxygens (including phenoxy) is 2. The van der Waals surface area contributed by atoms with Gasteiger partial charge in [-0.25, -0.2) is 0 Å². The first kappa shape index (κ1) is 17.9. The predicted octanol–water partition coefficient (Wildman–Crippen LogP) is 3.82. The van der Waals surface area contributed by atoms with E-state index in [4.69, 9.17) is 9.47 Å². The molecular weight excluding hydrogens is 302 g/mol. The van der Waals surface area contributed by atoms with Gasteiger partial charge in [-0.3, -0.25) is 4.79 Å². The maximum absolute atomic E-state index is 12.2. The third-order valence-corrected chi connectivity index (χ3v) is 3.87. The van der Waals surface area contributed by atoms with E-state index in [0.717, 1.165) is 17.1 Å². The molecule has 0 radical (unpaired) electrons. The number of hydrogen-bond acceptors (Lipinski definition) is 3. The Labute approximate surface area is 143 Å². The van der Waals surface area contributed by atoms with Crippen LogP contribution in [0.3, 0.4) is 0 Å². The van der Waals surface area contributed by atoms with Crippen molar-refractivity contribution in [3.63, 3.8) is 0 Å². The maximum Gasteiger partial charge on any atom is 0.251 e. The standard InChI is InChI=1S/C20H25NO3/c1-5-23-19-9-7-17(12-16(19)4)20(22)21-10-11-24-18-8-6-14(2)15(3)13-18/h6-9,12-13H,5,10-11H2,1-4H3,(H,21,22). The Morgan fingerprint density at radius 2 is 1.75 bits per heavy atom. The third-order valence-electron chi connectivity index (χ3n) is 3.87. The lowest BCUT2D eigenvalue weighted by Crippen LogP contribution is -2.28. The van der Waals surface area contributed by atoms with Crippen molar-refractivity contribution in [3.8, 4) is 11.5 Å². The van der Waals surface area contributed by atoms with Crippen LogP contribution in [-0.2, 0) is 0 Å². The van der Waals surface area contributed by atoms with Crippen LogP contribution < -0.4 is 14.8 Å². The molecule has 0 spiro atoms. The number of carbonyl (C=O) groups excluding carboxylic acids is 1. The summed E-state index contributed by atoms with van der Waals surface area (Å²) in [5.74, 6) is 1.53. The summed E-state index contributed by atoms with van der Waals surface area (Å²) in [5.41, 5.74) is 4.01. The third kappa shape index (κ3) is 4.75. The van der Waals surface area contributed by atoms with Gasteiger partial charge in [-0.05, 0) is 74.7 Å². The molecule has 0 saturated carbocycles. The van der Waals surface area contributed by atoms with Crippen molar-refractivity contribution in [1.29, 1.82) is 0 Å². The molecule has 2 aromatic carbocycles. The van der Waals surface area contributed by atoms with Crippen molar-refractivity contribution in [1.82, 2.24) is 5.32 Å². The summed E-state index contributed by atoms with van der Waals surface area (Å²) in [6, 6.07) is 11.4. The summed E-state index contributed by atoms with van der Waals surface area (Å²) >= 11 is 0. The van der Waals surface area contributed by atoms with Gasteiger partial charge in [-0.1, -0.05) is 6.07 Å². The fourth-order valence-electron chi connectivity index (χ4n) is 2.35. The van der Waals surface area contributed by atoms with Crippen LogP contribution in [0.4, 0.5) is 0 Å². The van der Waals surface area contributed by atoms with Crippen LogP contribution in [0.25, 0.3) is 0 Å². The van der Waals surface area contributed by atoms with E-state index >= 15 is 0 Å². The van der Waals surface area contributed by atoms with Gasteiger partial charge in [0.25, 0.3) is 5.91 Å². The molecule has 0 heterocycles. The minimum absolute atomic E-state index is 0.107. The minimum atomic E-state index is -0.107. The van der Waals surface area contributed by atoms with Gasteiger partial charge in [0, 0.05) is 5.56 Å². The highest BCUT2D eigenvalue weighted by atomic mass is 16.5. The van der Waals surface area contributed by atoms with Crippen LogP contribution in [0.15, 0.2) is 36.4 Å². The summed E-state index contributed by atoms with van der Waals surface area (Å²) in [5, 5.41) is 2.87. The molecule has 2 aromatic rings. The van der Waals surface area contributed by atoms with Crippen LogP contribution in [0.1, 0.15) is 34.0 Å². The van der Waals surface area contributed by atoms with Gasteiger partial charge >= 0.3 is 0 Å². The van der Waals surface area contributed by atoms with Crippen molar-refractivity contribution in [2.45, 2.75) is 27.7 Å². The van der Waals surface area contributed by atoms with Gasteiger partial charge in [0.2, 0.25) is 0 Å². The van der Waals surface area contributed by atoms with Crippen molar-refractivity contribution in [2.24, 2.45) is 0 Å². The van der Waals surface area contributed by atoms with E-state index < -0.39 is 0 Å². The number of nitrogens with one attached hydrogen (secondary N) is 1. The monoisotopic (exact) mass is 327 g/mol. The smallest absolute Gasteiger partial charge is 0.251 e. The average molecular weight is 327 g/mol. The molecule has 0 aliphatic carbocycles. The fourth-order valence-corrected chi connectivity index (χ4v) is 2.35. The lowest BCUT2D eigenvalue weighted by atomic mass is 10.1. The molecule has 24 heavy (non-hydrogen) atoms. The number of hydrogen-bond donors (Lipinski definition) is 1. The summed E-state index contributed by atoms with van der Waals surface area (Å²) in [4.78, 5) is 12.2. The normalized spacial score (nSPS) is 10.3. The van der Waals surface area contributed by atoms with Gasteiger partial charge in [0.15, 0.2) is 0 Å². The number of aryl methyl sites for hydroxylation is 3. The summed E-state index contributed by atoms with van der Waals surface area (Å²) in [6.07, 6.45) is 0. The quantitative estimate of drug-likeness (QED) is 0.787. The zero-order valence-corrected chi connectivity index (χ0v) is 14.8. The van der Waals surface area contributed by atoms with Crippen LogP contribution in [0.2, 0.25) is 0 Å². The van der Waals surface area contributed by atoms with Crippen molar-refractivity contribution in [2.75, 3.05) is 19.8 Å². The Morgan fingerprint density at radius 3 is 2.42 bits per heavy atom. The van der Waals surface area contributed by atoms with Crippen molar-refractivity contribution in [3.05, 3.63) is 58.7 Å². The van der Waals surface area contributed by atoms with Crippen LogP contribution in [0, 0.1) is 20.8 Å². The molecule has 0 fully saturated rings. The topological polar surface area (TPSA) is 47.6 Å². The fraction of sp³-hybridized carbons (Fsp3) is 0.350. The first-order valence-corrected chi connectivity index (χ1v) is 8.23. The highest BCUT2D eigenvalue weighted by molar-refractivity contribution is 5.94.